The number of aryl methyl sites for hydroxylation is 1. The average molecular weight is 507 g/mol. The van der Waals surface area contributed by atoms with Crippen LogP contribution in [-0.2, 0) is 6.42 Å². The van der Waals surface area contributed by atoms with Crippen molar-refractivity contribution in [2.45, 2.75) is 57.9 Å². The van der Waals surface area contributed by atoms with E-state index in [0.717, 1.165) is 45.0 Å². The summed E-state index contributed by atoms with van der Waals surface area (Å²) in [6, 6.07) is 18.4. The van der Waals surface area contributed by atoms with Crippen LogP contribution in [0.4, 0.5) is 0 Å². The Kier molecular flexibility index (Phi) is 8.10. The van der Waals surface area contributed by atoms with Gasteiger partial charge in [-0.05, 0) is 42.7 Å². The van der Waals surface area contributed by atoms with Gasteiger partial charge in [0.2, 0.25) is 5.88 Å². The molecule has 0 aliphatic heterocycles. The van der Waals surface area contributed by atoms with Crippen molar-refractivity contribution < 1.29 is 4.74 Å². The van der Waals surface area contributed by atoms with Crippen LogP contribution in [0.15, 0.2) is 65.3 Å². The number of fused-ring (bicyclic) bond motifs is 1. The lowest BCUT2D eigenvalue weighted by Crippen LogP contribution is -2.15. The van der Waals surface area contributed by atoms with Crippen molar-refractivity contribution in [1.82, 2.24) is 20.0 Å². The van der Waals surface area contributed by atoms with Gasteiger partial charge in [-0.25, -0.2) is 9.67 Å². The largest absolute Gasteiger partial charge is 0.481 e. The maximum absolute atomic E-state index is 5.74. The third-order valence-corrected chi connectivity index (χ3v) is 6.47. The Bertz CT molecular complexity index is 1180. The lowest BCUT2D eigenvalue weighted by atomic mass is 9.98. The standard InChI is InChI=1S/C27H31BrN4O/c1-3-4-5-6-7-11-14-23-19-32(31-30-23)26(20-12-9-8-10-13-20)24-18-21-17-22(28)15-16-25(21)29-27(24)33-2/h8-10,12-13,15-19,26H,3-7,11,14H2,1-2H3. The first-order valence-electron chi connectivity index (χ1n) is 11.8. The molecule has 0 aliphatic carbocycles. The fraction of sp³-hybridized carbons (Fsp3) is 0.370. The first-order valence-corrected chi connectivity index (χ1v) is 12.6. The molecule has 0 saturated carbocycles. The first-order chi connectivity index (χ1) is 16.2. The van der Waals surface area contributed by atoms with E-state index < -0.39 is 0 Å². The van der Waals surface area contributed by atoms with Crippen molar-refractivity contribution in [2.75, 3.05) is 7.11 Å². The van der Waals surface area contributed by atoms with Crippen LogP contribution in [0.2, 0.25) is 0 Å². The molecule has 0 saturated heterocycles. The molecule has 5 nitrogen and oxygen atoms in total. The molecular formula is C27H31BrN4O. The van der Waals surface area contributed by atoms with E-state index in [0.29, 0.717) is 5.88 Å². The third-order valence-electron chi connectivity index (χ3n) is 5.98. The summed E-state index contributed by atoms with van der Waals surface area (Å²) < 4.78 is 8.71. The van der Waals surface area contributed by atoms with Crippen LogP contribution in [0.25, 0.3) is 10.9 Å². The molecule has 172 valence electrons. The number of hydrogen-bond donors (Lipinski definition) is 0. The van der Waals surface area contributed by atoms with Crippen LogP contribution >= 0.6 is 15.9 Å². The van der Waals surface area contributed by atoms with E-state index in [9.17, 15) is 0 Å². The highest BCUT2D eigenvalue weighted by molar-refractivity contribution is 9.10. The van der Waals surface area contributed by atoms with E-state index in [4.69, 9.17) is 9.72 Å². The Hall–Kier alpha value is -2.73. The van der Waals surface area contributed by atoms with E-state index in [1.807, 2.05) is 35.0 Å². The Labute approximate surface area is 204 Å². The molecule has 33 heavy (non-hydrogen) atoms. The molecule has 1 atom stereocenters. The molecule has 0 N–H and O–H groups in total. The zero-order valence-corrected chi connectivity index (χ0v) is 21.0. The van der Waals surface area contributed by atoms with Gasteiger partial charge in [0.15, 0.2) is 0 Å². The first kappa shape index (κ1) is 23.4. The second-order valence-corrected chi connectivity index (χ2v) is 9.36. The highest BCUT2D eigenvalue weighted by atomic mass is 79.9. The minimum Gasteiger partial charge on any atom is -0.481 e. The van der Waals surface area contributed by atoms with Gasteiger partial charge in [-0.15, -0.1) is 5.10 Å². The fourth-order valence-electron chi connectivity index (χ4n) is 4.26. The van der Waals surface area contributed by atoms with Crippen LogP contribution in [0.1, 0.15) is 68.3 Å². The maximum atomic E-state index is 5.74. The summed E-state index contributed by atoms with van der Waals surface area (Å²) in [7, 11) is 1.67. The van der Waals surface area contributed by atoms with Gasteiger partial charge >= 0.3 is 0 Å². The predicted octanol–water partition coefficient (Wildman–Crippen LogP) is 7.14. The number of methoxy groups -OCH3 is 1. The summed E-state index contributed by atoms with van der Waals surface area (Å²) in [6.07, 6.45) is 10.6. The zero-order chi connectivity index (χ0) is 23.0. The summed E-state index contributed by atoms with van der Waals surface area (Å²) in [5.41, 5.74) is 4.00. The average Bonchev–Trinajstić information content (AvgIpc) is 3.30. The summed E-state index contributed by atoms with van der Waals surface area (Å²) in [5.74, 6) is 0.603. The van der Waals surface area contributed by atoms with Crippen LogP contribution < -0.4 is 4.74 Å². The highest BCUT2D eigenvalue weighted by Crippen LogP contribution is 2.34. The molecule has 1 unspecified atom stereocenters. The maximum Gasteiger partial charge on any atom is 0.219 e. The van der Waals surface area contributed by atoms with E-state index in [2.05, 4.69) is 63.6 Å². The van der Waals surface area contributed by atoms with E-state index in [1.165, 1.54) is 32.1 Å². The molecule has 2 aromatic heterocycles. The molecule has 4 aromatic rings. The molecule has 0 bridgehead atoms. The van der Waals surface area contributed by atoms with Crippen molar-refractivity contribution in [3.05, 3.63) is 82.1 Å². The van der Waals surface area contributed by atoms with Gasteiger partial charge in [-0.2, -0.15) is 0 Å². The van der Waals surface area contributed by atoms with Crippen LogP contribution in [0.5, 0.6) is 5.88 Å². The number of unbranched alkanes of at least 4 members (excludes halogenated alkanes) is 5. The second-order valence-electron chi connectivity index (χ2n) is 8.44. The van der Waals surface area contributed by atoms with E-state index >= 15 is 0 Å². The second kappa shape index (κ2) is 11.4. The number of ether oxygens (including phenoxy) is 1. The monoisotopic (exact) mass is 506 g/mol. The van der Waals surface area contributed by atoms with Crippen molar-refractivity contribution in [1.29, 1.82) is 0 Å². The summed E-state index contributed by atoms with van der Waals surface area (Å²) in [6.45, 7) is 2.25. The topological polar surface area (TPSA) is 52.8 Å². The van der Waals surface area contributed by atoms with Crippen molar-refractivity contribution >= 4 is 26.8 Å². The molecule has 0 spiro atoms. The zero-order valence-electron chi connectivity index (χ0n) is 19.4. The lowest BCUT2D eigenvalue weighted by molar-refractivity contribution is 0.387. The number of aromatic nitrogens is 4. The van der Waals surface area contributed by atoms with Crippen molar-refractivity contribution in [2.24, 2.45) is 0 Å². The number of rotatable bonds is 11. The van der Waals surface area contributed by atoms with Gasteiger partial charge in [0.1, 0.15) is 6.04 Å². The Balaban J connectivity index is 1.66. The summed E-state index contributed by atoms with van der Waals surface area (Å²) in [4.78, 5) is 4.79. The number of pyridine rings is 1. The Morgan fingerprint density at radius 1 is 0.970 bits per heavy atom. The van der Waals surface area contributed by atoms with Crippen molar-refractivity contribution in [3.63, 3.8) is 0 Å². The molecule has 2 heterocycles. The Morgan fingerprint density at radius 3 is 2.55 bits per heavy atom. The van der Waals surface area contributed by atoms with Gasteiger partial charge in [0, 0.05) is 21.6 Å². The van der Waals surface area contributed by atoms with Gasteiger partial charge in [0.05, 0.1) is 18.3 Å². The molecule has 6 heteroatoms. The lowest BCUT2D eigenvalue weighted by Gasteiger charge is -2.20. The molecule has 0 radical (unpaired) electrons. The van der Waals surface area contributed by atoms with Crippen LogP contribution in [0, 0.1) is 0 Å². The fourth-order valence-corrected chi connectivity index (χ4v) is 4.63. The van der Waals surface area contributed by atoms with E-state index in [1.54, 1.807) is 7.11 Å². The predicted molar refractivity (Wildman–Crippen MR) is 137 cm³/mol. The van der Waals surface area contributed by atoms with Gasteiger partial charge in [0.25, 0.3) is 0 Å². The molecule has 2 aromatic carbocycles. The van der Waals surface area contributed by atoms with Gasteiger partial charge in [-0.1, -0.05) is 90.5 Å². The molecule has 0 fully saturated rings. The number of hydrogen-bond acceptors (Lipinski definition) is 4. The normalized spacial score (nSPS) is 12.2. The number of halogens is 1. The van der Waals surface area contributed by atoms with Crippen LogP contribution in [-0.4, -0.2) is 27.1 Å². The van der Waals surface area contributed by atoms with E-state index in [-0.39, 0.29) is 6.04 Å². The summed E-state index contributed by atoms with van der Waals surface area (Å²) in [5, 5.41) is 10.1. The summed E-state index contributed by atoms with van der Waals surface area (Å²) >= 11 is 3.58. The van der Waals surface area contributed by atoms with Gasteiger partial charge < -0.3 is 4.74 Å². The number of nitrogens with zero attached hydrogens (tertiary/aromatic N) is 4. The smallest absolute Gasteiger partial charge is 0.219 e. The molecule has 4 rings (SSSR count). The van der Waals surface area contributed by atoms with Crippen LogP contribution in [0.3, 0.4) is 0 Å². The number of benzene rings is 2. The quantitative estimate of drug-likeness (QED) is 0.203. The molecule has 0 amide bonds. The highest BCUT2D eigenvalue weighted by Gasteiger charge is 2.23. The SMILES string of the molecule is CCCCCCCCc1cn(C(c2ccccc2)c2cc3cc(Br)ccc3nc2OC)nn1. The molecular weight excluding hydrogens is 476 g/mol. The minimum atomic E-state index is -0.178. The Morgan fingerprint density at radius 2 is 1.76 bits per heavy atom. The molecule has 0 aliphatic rings. The third kappa shape index (κ3) is 5.80. The van der Waals surface area contributed by atoms with Gasteiger partial charge in [-0.3, -0.25) is 0 Å². The van der Waals surface area contributed by atoms with Crippen molar-refractivity contribution in [3.8, 4) is 5.88 Å². The minimum absolute atomic E-state index is 0.178.